The molecular formula is C13H14O3. The summed E-state index contributed by atoms with van der Waals surface area (Å²) in [6, 6.07) is 8.94. The summed E-state index contributed by atoms with van der Waals surface area (Å²) in [5.41, 5.74) is 0.561. The highest BCUT2D eigenvalue weighted by Crippen LogP contribution is 2.18. The molecule has 3 heteroatoms. The minimum atomic E-state index is -0.314. The van der Waals surface area contributed by atoms with Crippen LogP contribution in [0, 0.1) is 0 Å². The lowest BCUT2D eigenvalue weighted by Gasteiger charge is -2.12. The van der Waals surface area contributed by atoms with Gasteiger partial charge in [0.25, 0.3) is 0 Å². The molecule has 1 aliphatic heterocycles. The van der Waals surface area contributed by atoms with Crippen molar-refractivity contribution in [3.8, 4) is 0 Å². The SMILES string of the molecule is C=C[C@H](C[C@H]1CO1)OC(=O)c1ccccc1. The number of ether oxygens (including phenoxy) is 2. The predicted molar refractivity (Wildman–Crippen MR) is 60.2 cm³/mol. The van der Waals surface area contributed by atoms with Crippen LogP contribution in [0.2, 0.25) is 0 Å². The summed E-state index contributed by atoms with van der Waals surface area (Å²) in [7, 11) is 0. The Bertz CT molecular complexity index is 368. The molecule has 2 atom stereocenters. The van der Waals surface area contributed by atoms with Gasteiger partial charge < -0.3 is 9.47 Å². The van der Waals surface area contributed by atoms with Gasteiger partial charge in [0.15, 0.2) is 0 Å². The van der Waals surface area contributed by atoms with Gasteiger partial charge in [-0.15, -0.1) is 0 Å². The summed E-state index contributed by atoms with van der Waals surface area (Å²) >= 11 is 0. The molecule has 1 aromatic rings. The minimum Gasteiger partial charge on any atom is -0.454 e. The van der Waals surface area contributed by atoms with Gasteiger partial charge in [-0.25, -0.2) is 4.79 Å². The van der Waals surface area contributed by atoms with Crippen molar-refractivity contribution in [2.75, 3.05) is 6.61 Å². The maximum Gasteiger partial charge on any atom is 0.338 e. The fourth-order valence-electron chi connectivity index (χ4n) is 1.44. The van der Waals surface area contributed by atoms with Gasteiger partial charge in [-0.3, -0.25) is 0 Å². The van der Waals surface area contributed by atoms with E-state index in [-0.39, 0.29) is 18.2 Å². The molecule has 1 fully saturated rings. The normalized spacial score (nSPS) is 19.9. The third kappa shape index (κ3) is 2.94. The second kappa shape index (κ2) is 4.94. The van der Waals surface area contributed by atoms with Gasteiger partial charge in [-0.2, -0.15) is 0 Å². The zero-order valence-corrected chi connectivity index (χ0v) is 8.96. The van der Waals surface area contributed by atoms with Gasteiger partial charge >= 0.3 is 5.97 Å². The molecule has 0 aromatic heterocycles. The Morgan fingerprint density at radius 3 is 2.81 bits per heavy atom. The molecule has 0 aliphatic carbocycles. The third-order valence-electron chi connectivity index (χ3n) is 2.43. The summed E-state index contributed by atoms with van der Waals surface area (Å²) in [6.07, 6.45) is 2.30. The van der Waals surface area contributed by atoms with Crippen molar-refractivity contribution in [1.82, 2.24) is 0 Å². The first-order valence-corrected chi connectivity index (χ1v) is 5.30. The Labute approximate surface area is 94.7 Å². The second-order valence-corrected chi connectivity index (χ2v) is 3.74. The van der Waals surface area contributed by atoms with Crippen LogP contribution in [0.3, 0.4) is 0 Å². The number of hydrogen-bond donors (Lipinski definition) is 0. The van der Waals surface area contributed by atoms with E-state index in [1.807, 2.05) is 18.2 Å². The van der Waals surface area contributed by atoms with Crippen LogP contribution >= 0.6 is 0 Å². The van der Waals surface area contributed by atoms with E-state index in [0.29, 0.717) is 12.0 Å². The highest BCUT2D eigenvalue weighted by molar-refractivity contribution is 5.89. The molecule has 1 saturated heterocycles. The average Bonchev–Trinajstić information content (AvgIpc) is 3.13. The first-order chi connectivity index (χ1) is 7.79. The zero-order valence-electron chi connectivity index (χ0n) is 8.96. The van der Waals surface area contributed by atoms with Crippen LogP contribution in [0.15, 0.2) is 43.0 Å². The smallest absolute Gasteiger partial charge is 0.338 e. The molecule has 0 amide bonds. The standard InChI is InChI=1S/C13H14O3/c1-2-11(8-12-9-15-12)16-13(14)10-6-4-3-5-7-10/h2-7,11-12H,1,8-9H2/t11-,12+/m1/s1. The van der Waals surface area contributed by atoms with Crippen LogP contribution in [0.25, 0.3) is 0 Å². The van der Waals surface area contributed by atoms with Crippen LogP contribution in [0.5, 0.6) is 0 Å². The first kappa shape index (κ1) is 10.9. The van der Waals surface area contributed by atoms with E-state index in [0.717, 1.165) is 6.61 Å². The molecule has 1 heterocycles. The number of hydrogen-bond acceptors (Lipinski definition) is 3. The molecule has 3 nitrogen and oxygen atoms in total. The number of rotatable bonds is 5. The van der Waals surface area contributed by atoms with Crippen molar-refractivity contribution in [3.63, 3.8) is 0 Å². The number of esters is 1. The molecule has 0 spiro atoms. The lowest BCUT2D eigenvalue weighted by atomic mass is 10.2. The molecule has 0 bridgehead atoms. The number of epoxide rings is 1. The molecule has 0 N–H and O–H groups in total. The van der Waals surface area contributed by atoms with E-state index >= 15 is 0 Å². The van der Waals surface area contributed by atoms with Gasteiger partial charge in [0.05, 0.1) is 18.3 Å². The highest BCUT2D eigenvalue weighted by Gasteiger charge is 2.27. The van der Waals surface area contributed by atoms with Crippen LogP contribution in [0.1, 0.15) is 16.8 Å². The lowest BCUT2D eigenvalue weighted by Crippen LogP contribution is -2.17. The topological polar surface area (TPSA) is 38.8 Å². The van der Waals surface area contributed by atoms with Crippen LogP contribution < -0.4 is 0 Å². The van der Waals surface area contributed by atoms with Gasteiger partial charge in [0.2, 0.25) is 0 Å². The minimum absolute atomic E-state index is 0.228. The summed E-state index contributed by atoms with van der Waals surface area (Å²) < 4.78 is 10.4. The van der Waals surface area contributed by atoms with Crippen molar-refractivity contribution in [2.24, 2.45) is 0 Å². The maximum atomic E-state index is 11.7. The lowest BCUT2D eigenvalue weighted by molar-refractivity contribution is 0.0368. The highest BCUT2D eigenvalue weighted by atomic mass is 16.6. The van der Waals surface area contributed by atoms with E-state index in [4.69, 9.17) is 9.47 Å². The van der Waals surface area contributed by atoms with Gasteiger partial charge in [-0.1, -0.05) is 30.9 Å². The number of carbonyl (C=O) groups is 1. The van der Waals surface area contributed by atoms with Crippen LogP contribution in [-0.2, 0) is 9.47 Å². The molecule has 84 valence electrons. The molecule has 0 radical (unpaired) electrons. The van der Waals surface area contributed by atoms with Gasteiger partial charge in [0, 0.05) is 6.42 Å². The monoisotopic (exact) mass is 218 g/mol. The Morgan fingerprint density at radius 1 is 1.56 bits per heavy atom. The molecular weight excluding hydrogens is 204 g/mol. The van der Waals surface area contributed by atoms with Crippen LogP contribution in [-0.4, -0.2) is 24.8 Å². The Kier molecular flexibility index (Phi) is 3.37. The summed E-state index contributed by atoms with van der Waals surface area (Å²) in [4.78, 5) is 11.7. The fourth-order valence-corrected chi connectivity index (χ4v) is 1.44. The zero-order chi connectivity index (χ0) is 11.4. The Morgan fingerprint density at radius 2 is 2.25 bits per heavy atom. The second-order valence-electron chi connectivity index (χ2n) is 3.74. The largest absolute Gasteiger partial charge is 0.454 e. The Balaban J connectivity index is 1.92. The average molecular weight is 218 g/mol. The molecule has 16 heavy (non-hydrogen) atoms. The van der Waals surface area contributed by atoms with E-state index in [9.17, 15) is 4.79 Å². The van der Waals surface area contributed by atoms with Crippen LogP contribution in [0.4, 0.5) is 0 Å². The van der Waals surface area contributed by atoms with Crippen molar-refractivity contribution in [3.05, 3.63) is 48.6 Å². The molecule has 0 saturated carbocycles. The molecule has 0 unspecified atom stereocenters. The maximum absolute atomic E-state index is 11.7. The van der Waals surface area contributed by atoms with E-state index in [1.165, 1.54) is 0 Å². The molecule has 1 aliphatic rings. The summed E-state index contributed by atoms with van der Waals surface area (Å²) in [5.74, 6) is -0.314. The van der Waals surface area contributed by atoms with E-state index in [2.05, 4.69) is 6.58 Å². The van der Waals surface area contributed by atoms with E-state index in [1.54, 1.807) is 18.2 Å². The van der Waals surface area contributed by atoms with Gasteiger partial charge in [0.1, 0.15) is 6.10 Å². The Hall–Kier alpha value is -1.61. The summed E-state index contributed by atoms with van der Waals surface area (Å²) in [5, 5.41) is 0. The van der Waals surface area contributed by atoms with E-state index < -0.39 is 0 Å². The van der Waals surface area contributed by atoms with Crippen molar-refractivity contribution in [2.45, 2.75) is 18.6 Å². The quantitative estimate of drug-likeness (QED) is 0.432. The molecule has 2 rings (SSSR count). The fraction of sp³-hybridized carbons (Fsp3) is 0.308. The first-order valence-electron chi connectivity index (χ1n) is 5.30. The number of benzene rings is 1. The summed E-state index contributed by atoms with van der Waals surface area (Å²) in [6.45, 7) is 4.41. The van der Waals surface area contributed by atoms with Gasteiger partial charge in [-0.05, 0) is 12.1 Å². The van der Waals surface area contributed by atoms with Crippen molar-refractivity contribution >= 4 is 5.97 Å². The van der Waals surface area contributed by atoms with Crippen molar-refractivity contribution < 1.29 is 14.3 Å². The predicted octanol–water partition coefficient (Wildman–Crippen LogP) is 2.19. The van der Waals surface area contributed by atoms with Crippen molar-refractivity contribution in [1.29, 1.82) is 0 Å². The molecule has 1 aromatic carbocycles. The third-order valence-corrected chi connectivity index (χ3v) is 2.43. The number of carbonyl (C=O) groups excluding carboxylic acids is 1.